The number of aryl methyl sites for hydroxylation is 1. The number of hydrogen-bond donors (Lipinski definition) is 1. The van der Waals surface area contributed by atoms with E-state index in [1.54, 1.807) is 19.5 Å². The van der Waals surface area contributed by atoms with Crippen molar-refractivity contribution in [2.75, 3.05) is 7.11 Å². The standard InChI is InChI=1S/C24H27N5O2/c1-15-11-26-21(13-25-15)22-27-12-18-19(28-22)9-24(2,3)10-20(18)29-23(30)17-7-5-16(6-8-17)14-31-4/h5-8,11-13,20H,9-10,14H2,1-4H3,(H,29,30). The van der Waals surface area contributed by atoms with Gasteiger partial charge in [-0.25, -0.2) is 15.0 Å². The number of fused-ring (bicyclic) bond motifs is 1. The molecule has 1 atom stereocenters. The lowest BCUT2D eigenvalue weighted by atomic mass is 9.74. The molecule has 160 valence electrons. The van der Waals surface area contributed by atoms with Crippen molar-refractivity contribution in [2.45, 2.75) is 46.3 Å². The Balaban J connectivity index is 1.59. The minimum Gasteiger partial charge on any atom is -0.380 e. The first-order chi connectivity index (χ1) is 14.8. The average Bonchev–Trinajstić information content (AvgIpc) is 2.74. The lowest BCUT2D eigenvalue weighted by Crippen LogP contribution is -2.37. The summed E-state index contributed by atoms with van der Waals surface area (Å²) < 4.78 is 5.14. The second kappa shape index (κ2) is 8.51. The van der Waals surface area contributed by atoms with Crippen molar-refractivity contribution in [3.05, 3.63) is 70.9 Å². The molecule has 1 aliphatic rings. The number of hydrogen-bond acceptors (Lipinski definition) is 6. The summed E-state index contributed by atoms with van der Waals surface area (Å²) in [7, 11) is 1.65. The third-order valence-corrected chi connectivity index (χ3v) is 5.52. The molecule has 0 radical (unpaired) electrons. The van der Waals surface area contributed by atoms with E-state index in [0.717, 1.165) is 35.4 Å². The molecule has 1 unspecified atom stereocenters. The summed E-state index contributed by atoms with van der Waals surface area (Å²) in [6.45, 7) is 6.81. The number of benzene rings is 1. The minimum atomic E-state index is -0.150. The van der Waals surface area contributed by atoms with Crippen LogP contribution in [-0.2, 0) is 17.8 Å². The van der Waals surface area contributed by atoms with Crippen molar-refractivity contribution < 1.29 is 9.53 Å². The highest BCUT2D eigenvalue weighted by Crippen LogP contribution is 2.40. The van der Waals surface area contributed by atoms with Crippen molar-refractivity contribution in [1.82, 2.24) is 25.3 Å². The molecule has 7 nitrogen and oxygen atoms in total. The fraction of sp³-hybridized carbons (Fsp3) is 0.375. The zero-order chi connectivity index (χ0) is 22.0. The van der Waals surface area contributed by atoms with Crippen LogP contribution in [0.4, 0.5) is 0 Å². The van der Waals surface area contributed by atoms with Crippen LogP contribution in [0.15, 0.2) is 42.9 Å². The van der Waals surface area contributed by atoms with E-state index in [0.29, 0.717) is 23.7 Å². The van der Waals surface area contributed by atoms with E-state index in [-0.39, 0.29) is 17.4 Å². The monoisotopic (exact) mass is 417 g/mol. The Morgan fingerprint density at radius 3 is 2.58 bits per heavy atom. The number of carbonyl (C=O) groups excluding carboxylic acids is 1. The zero-order valence-corrected chi connectivity index (χ0v) is 18.3. The summed E-state index contributed by atoms with van der Waals surface area (Å²) in [6, 6.07) is 7.33. The van der Waals surface area contributed by atoms with Crippen molar-refractivity contribution in [3.8, 4) is 11.5 Å². The fourth-order valence-electron chi connectivity index (χ4n) is 3.97. The number of methoxy groups -OCH3 is 1. The molecule has 1 N–H and O–H groups in total. The second-order valence-electron chi connectivity index (χ2n) is 8.84. The van der Waals surface area contributed by atoms with Gasteiger partial charge in [0.15, 0.2) is 5.82 Å². The molecular weight excluding hydrogens is 390 g/mol. The molecule has 0 saturated carbocycles. The Bertz CT molecular complexity index is 1080. The molecule has 0 spiro atoms. The van der Waals surface area contributed by atoms with Crippen LogP contribution in [0.2, 0.25) is 0 Å². The topological polar surface area (TPSA) is 89.9 Å². The summed E-state index contributed by atoms with van der Waals surface area (Å²) in [5, 5.41) is 3.19. The van der Waals surface area contributed by atoms with E-state index in [2.05, 4.69) is 34.1 Å². The van der Waals surface area contributed by atoms with Gasteiger partial charge in [0.05, 0.1) is 30.2 Å². The van der Waals surface area contributed by atoms with Crippen LogP contribution >= 0.6 is 0 Å². The average molecular weight is 418 g/mol. The first-order valence-corrected chi connectivity index (χ1v) is 10.4. The van der Waals surface area contributed by atoms with Crippen LogP contribution in [0.5, 0.6) is 0 Å². The number of rotatable bonds is 5. The summed E-state index contributed by atoms with van der Waals surface area (Å²) in [4.78, 5) is 30.9. The van der Waals surface area contributed by atoms with E-state index in [9.17, 15) is 4.79 Å². The van der Waals surface area contributed by atoms with Crippen molar-refractivity contribution in [3.63, 3.8) is 0 Å². The molecule has 0 bridgehead atoms. The molecule has 1 amide bonds. The zero-order valence-electron chi connectivity index (χ0n) is 18.3. The highest BCUT2D eigenvalue weighted by atomic mass is 16.5. The van der Waals surface area contributed by atoms with Crippen LogP contribution in [0, 0.1) is 12.3 Å². The molecule has 7 heteroatoms. The summed E-state index contributed by atoms with van der Waals surface area (Å²) in [5.41, 5.74) is 5.06. The number of nitrogens with zero attached hydrogens (tertiary/aromatic N) is 4. The summed E-state index contributed by atoms with van der Waals surface area (Å²) in [6.07, 6.45) is 6.86. The van der Waals surface area contributed by atoms with Crippen molar-refractivity contribution in [2.24, 2.45) is 5.41 Å². The Hall–Kier alpha value is -3.19. The quantitative estimate of drug-likeness (QED) is 0.679. The lowest BCUT2D eigenvalue weighted by Gasteiger charge is -2.36. The predicted octanol–water partition coefficient (Wildman–Crippen LogP) is 3.83. The van der Waals surface area contributed by atoms with Crippen LogP contribution in [0.25, 0.3) is 11.5 Å². The normalized spacial score (nSPS) is 17.1. The Kier molecular flexibility index (Phi) is 5.78. The fourth-order valence-corrected chi connectivity index (χ4v) is 3.97. The van der Waals surface area contributed by atoms with E-state index in [1.807, 2.05) is 37.4 Å². The molecule has 0 fully saturated rings. The van der Waals surface area contributed by atoms with Gasteiger partial charge in [-0.05, 0) is 42.9 Å². The van der Waals surface area contributed by atoms with E-state index >= 15 is 0 Å². The highest BCUT2D eigenvalue weighted by molar-refractivity contribution is 5.94. The van der Waals surface area contributed by atoms with Gasteiger partial charge in [0, 0.05) is 30.6 Å². The van der Waals surface area contributed by atoms with Crippen LogP contribution in [0.3, 0.4) is 0 Å². The molecule has 1 aromatic carbocycles. The smallest absolute Gasteiger partial charge is 0.251 e. The number of carbonyl (C=O) groups is 1. The van der Waals surface area contributed by atoms with Gasteiger partial charge in [0.2, 0.25) is 0 Å². The van der Waals surface area contributed by atoms with Crippen LogP contribution in [0.1, 0.15) is 59.2 Å². The second-order valence-corrected chi connectivity index (χ2v) is 8.84. The molecule has 2 heterocycles. The van der Waals surface area contributed by atoms with E-state index < -0.39 is 0 Å². The van der Waals surface area contributed by atoms with E-state index in [4.69, 9.17) is 9.72 Å². The largest absolute Gasteiger partial charge is 0.380 e. The molecule has 2 aromatic heterocycles. The summed E-state index contributed by atoms with van der Waals surface area (Å²) in [5.74, 6) is 0.453. The number of ether oxygens (including phenoxy) is 1. The maximum atomic E-state index is 12.9. The maximum absolute atomic E-state index is 12.9. The Morgan fingerprint density at radius 2 is 1.90 bits per heavy atom. The molecule has 1 aliphatic carbocycles. The predicted molar refractivity (Wildman–Crippen MR) is 117 cm³/mol. The first kappa shape index (κ1) is 21.1. The van der Waals surface area contributed by atoms with Gasteiger partial charge in [-0.3, -0.25) is 9.78 Å². The molecule has 0 saturated heterocycles. The van der Waals surface area contributed by atoms with E-state index in [1.165, 1.54) is 0 Å². The third-order valence-electron chi connectivity index (χ3n) is 5.52. The lowest BCUT2D eigenvalue weighted by molar-refractivity contribution is 0.0919. The Labute approximate surface area is 182 Å². The molecule has 0 aliphatic heterocycles. The molecule has 31 heavy (non-hydrogen) atoms. The van der Waals surface area contributed by atoms with Crippen LogP contribution in [-0.4, -0.2) is 33.0 Å². The molecule has 4 rings (SSSR count). The highest BCUT2D eigenvalue weighted by Gasteiger charge is 2.34. The minimum absolute atomic E-state index is 0.00214. The van der Waals surface area contributed by atoms with Gasteiger partial charge in [0.1, 0.15) is 5.69 Å². The van der Waals surface area contributed by atoms with Gasteiger partial charge in [-0.2, -0.15) is 0 Å². The summed E-state index contributed by atoms with van der Waals surface area (Å²) >= 11 is 0. The SMILES string of the molecule is COCc1ccc(C(=O)NC2CC(C)(C)Cc3nc(-c4cnc(C)cn4)ncc32)cc1. The number of amides is 1. The Morgan fingerprint density at radius 1 is 1.13 bits per heavy atom. The molecular formula is C24H27N5O2. The third kappa shape index (κ3) is 4.77. The number of aromatic nitrogens is 4. The van der Waals surface area contributed by atoms with Gasteiger partial charge < -0.3 is 10.1 Å². The van der Waals surface area contributed by atoms with Gasteiger partial charge >= 0.3 is 0 Å². The van der Waals surface area contributed by atoms with Crippen LogP contribution < -0.4 is 5.32 Å². The van der Waals surface area contributed by atoms with Crippen molar-refractivity contribution in [1.29, 1.82) is 0 Å². The maximum Gasteiger partial charge on any atom is 0.251 e. The van der Waals surface area contributed by atoms with Gasteiger partial charge in [-0.1, -0.05) is 26.0 Å². The first-order valence-electron chi connectivity index (χ1n) is 10.4. The number of nitrogens with one attached hydrogen (secondary N) is 1. The molecule has 3 aromatic rings. The van der Waals surface area contributed by atoms with Gasteiger partial charge in [-0.15, -0.1) is 0 Å². The van der Waals surface area contributed by atoms with Gasteiger partial charge in [0.25, 0.3) is 5.91 Å². The van der Waals surface area contributed by atoms with Crippen molar-refractivity contribution >= 4 is 5.91 Å².